The fourth-order valence-electron chi connectivity index (χ4n) is 2.26. The van der Waals surface area contributed by atoms with Crippen LogP contribution in [-0.4, -0.2) is 81.2 Å². The van der Waals surface area contributed by atoms with Crippen molar-refractivity contribution in [1.29, 1.82) is 0 Å². The summed E-state index contributed by atoms with van der Waals surface area (Å²) >= 11 is 0. The Kier molecular flexibility index (Phi) is 10.2. The molecule has 1 aliphatic rings. The van der Waals surface area contributed by atoms with E-state index in [1.54, 1.807) is 0 Å². The minimum Gasteiger partial charge on any atom is -1.00 e. The van der Waals surface area contributed by atoms with Gasteiger partial charge in [0.2, 0.25) is 11.8 Å². The number of hydrogen-bond donors (Lipinski definition) is 2. The predicted octanol–water partition coefficient (Wildman–Crippen LogP) is -7.09. The first-order valence-electron chi connectivity index (χ1n) is 6.93. The van der Waals surface area contributed by atoms with E-state index in [-0.39, 0.29) is 43.6 Å². The quantitative estimate of drug-likeness (QED) is 0.471. The second kappa shape index (κ2) is 9.46. The number of nitrogens with zero attached hydrogens (tertiary/aromatic N) is 2. The molecule has 0 bridgehead atoms. The summed E-state index contributed by atoms with van der Waals surface area (Å²) in [4.78, 5) is 22.0. The van der Waals surface area contributed by atoms with E-state index in [0.29, 0.717) is 6.54 Å². The minimum absolute atomic E-state index is 0. The largest absolute Gasteiger partial charge is 1.00 e. The number of quaternary nitrogens is 2. The van der Waals surface area contributed by atoms with Crippen LogP contribution >= 0.6 is 0 Å². The van der Waals surface area contributed by atoms with Gasteiger partial charge in [-0.1, -0.05) is 0 Å². The zero-order valence-electron chi connectivity index (χ0n) is 13.2. The number of halogens is 2. The predicted molar refractivity (Wildman–Crippen MR) is 74.1 cm³/mol. The summed E-state index contributed by atoms with van der Waals surface area (Å²) in [5.74, 6) is -0.510. The Hall–Kier alpha value is -0.560. The van der Waals surface area contributed by atoms with E-state index in [2.05, 4.69) is 26.5 Å². The highest BCUT2D eigenvalue weighted by molar-refractivity contribution is 5.82. The Balaban J connectivity index is 0. The van der Waals surface area contributed by atoms with Crippen molar-refractivity contribution in [3.63, 3.8) is 0 Å². The molecule has 1 saturated heterocycles. The number of nitrogens with one attached hydrogen (secondary N) is 1. The van der Waals surface area contributed by atoms with Gasteiger partial charge < -0.3 is 44.8 Å². The molecule has 0 radical (unpaired) electrons. The van der Waals surface area contributed by atoms with Gasteiger partial charge in [-0.2, -0.15) is 0 Å². The van der Waals surface area contributed by atoms with Gasteiger partial charge in [0.1, 0.15) is 26.2 Å². The van der Waals surface area contributed by atoms with E-state index in [4.69, 9.17) is 5.73 Å². The maximum atomic E-state index is 11.5. The van der Waals surface area contributed by atoms with Crippen LogP contribution in [-0.2, 0) is 9.59 Å². The monoisotopic (exact) mass is 342 g/mol. The summed E-state index contributed by atoms with van der Waals surface area (Å²) in [6.45, 7) is 6.25. The van der Waals surface area contributed by atoms with Crippen LogP contribution in [0.2, 0.25) is 0 Å². The van der Waals surface area contributed by atoms with Crippen LogP contribution in [0.1, 0.15) is 12.8 Å². The van der Waals surface area contributed by atoms with E-state index >= 15 is 0 Å². The highest BCUT2D eigenvalue weighted by Crippen LogP contribution is 2.12. The second-order valence-corrected chi connectivity index (χ2v) is 6.49. The summed E-state index contributed by atoms with van der Waals surface area (Å²) in [5.41, 5.74) is 5.01. The van der Waals surface area contributed by atoms with Crippen molar-refractivity contribution in [2.45, 2.75) is 12.8 Å². The zero-order valence-corrected chi connectivity index (χ0v) is 14.7. The molecule has 126 valence electrons. The average molecular weight is 343 g/mol. The molecule has 1 fully saturated rings. The Labute approximate surface area is 140 Å². The lowest BCUT2D eigenvalue weighted by Crippen LogP contribution is -3.00. The lowest BCUT2D eigenvalue weighted by atomic mass is 10.2. The van der Waals surface area contributed by atoms with Gasteiger partial charge >= 0.3 is 0 Å². The molecule has 0 aliphatic carbocycles. The Bertz CT molecular complexity index is 341. The van der Waals surface area contributed by atoms with Crippen LogP contribution < -0.4 is 35.9 Å². The molecule has 2 amide bonds. The van der Waals surface area contributed by atoms with E-state index < -0.39 is 5.91 Å². The first-order valence-corrected chi connectivity index (χ1v) is 6.93. The van der Waals surface area contributed by atoms with Crippen molar-refractivity contribution >= 4 is 11.8 Å². The van der Waals surface area contributed by atoms with Crippen LogP contribution in [0.5, 0.6) is 0 Å². The average Bonchev–Trinajstić information content (AvgIpc) is 2.31. The van der Waals surface area contributed by atoms with Crippen molar-refractivity contribution < 1.29 is 43.4 Å². The Morgan fingerprint density at radius 1 is 1.00 bits per heavy atom. The number of piperazine rings is 1. The number of hydrogen-bond acceptors (Lipinski definition) is 2. The molecule has 1 heterocycles. The normalized spacial score (nSPS) is 18.8. The molecule has 0 atom stereocenters. The first-order chi connectivity index (χ1) is 8.72. The van der Waals surface area contributed by atoms with Crippen molar-refractivity contribution in [1.82, 2.24) is 5.32 Å². The molecule has 0 aromatic carbocycles. The molecule has 21 heavy (non-hydrogen) atoms. The van der Waals surface area contributed by atoms with Crippen LogP contribution in [0.3, 0.4) is 0 Å². The fourth-order valence-corrected chi connectivity index (χ4v) is 2.26. The van der Waals surface area contributed by atoms with Gasteiger partial charge in [0, 0.05) is 12.8 Å². The van der Waals surface area contributed by atoms with Gasteiger partial charge in [-0.3, -0.25) is 9.59 Å². The number of carbonyl (C=O) groups excluding carboxylic acids is 2. The van der Waals surface area contributed by atoms with Gasteiger partial charge in [0.25, 0.3) is 0 Å². The van der Waals surface area contributed by atoms with E-state index in [1.165, 1.54) is 13.1 Å². The molecule has 0 saturated carbocycles. The van der Waals surface area contributed by atoms with Crippen LogP contribution in [0.25, 0.3) is 0 Å². The molecule has 0 aromatic rings. The van der Waals surface area contributed by atoms with Crippen LogP contribution in [0.15, 0.2) is 0 Å². The SMILES string of the molecule is C[N+]1(C)CC[N+](C)(CCNC(=O)CCC(N)=O)CC1.[Cl-].[Cl-]. The molecule has 8 heteroatoms. The topological polar surface area (TPSA) is 72.2 Å². The smallest absolute Gasteiger partial charge is 0.220 e. The molecule has 3 N–H and O–H groups in total. The molecule has 1 rings (SSSR count). The fraction of sp³-hybridized carbons (Fsp3) is 0.846. The maximum Gasteiger partial charge on any atom is 0.220 e. The third kappa shape index (κ3) is 9.14. The molecular weight excluding hydrogens is 315 g/mol. The molecule has 1 aliphatic heterocycles. The third-order valence-corrected chi connectivity index (χ3v) is 4.06. The lowest BCUT2D eigenvalue weighted by molar-refractivity contribution is -1.01. The molecule has 0 aromatic heterocycles. The number of nitrogens with two attached hydrogens (primary N) is 1. The summed E-state index contributed by atoms with van der Waals surface area (Å²) in [5, 5.41) is 2.86. The third-order valence-electron chi connectivity index (χ3n) is 4.06. The Morgan fingerprint density at radius 3 is 2.00 bits per heavy atom. The van der Waals surface area contributed by atoms with Gasteiger partial charge in [-0.25, -0.2) is 0 Å². The summed E-state index contributed by atoms with van der Waals surface area (Å²) < 4.78 is 2.09. The minimum atomic E-state index is -0.426. The molecular formula is C13H28Cl2N4O2. The number of carbonyl (C=O) groups is 2. The van der Waals surface area contributed by atoms with Crippen molar-refractivity contribution in [3.8, 4) is 0 Å². The van der Waals surface area contributed by atoms with Gasteiger partial charge in [-0.15, -0.1) is 0 Å². The molecule has 6 nitrogen and oxygen atoms in total. The van der Waals surface area contributed by atoms with Crippen LogP contribution in [0.4, 0.5) is 0 Å². The molecule has 0 unspecified atom stereocenters. The zero-order chi connectivity index (χ0) is 14.5. The number of rotatable bonds is 6. The van der Waals surface area contributed by atoms with Gasteiger partial charge in [0.05, 0.1) is 34.2 Å². The van der Waals surface area contributed by atoms with Crippen molar-refractivity contribution in [2.75, 3.05) is 60.4 Å². The second-order valence-electron chi connectivity index (χ2n) is 6.49. The number of primary amides is 1. The number of likely N-dealkylation sites (N-methyl/N-ethyl adjacent to an activating group) is 2. The van der Waals surface area contributed by atoms with E-state index in [0.717, 1.165) is 28.6 Å². The highest BCUT2D eigenvalue weighted by Gasteiger charge is 2.33. The summed E-state index contributed by atoms with van der Waals surface area (Å²) in [6.07, 6.45) is 0.326. The lowest BCUT2D eigenvalue weighted by Gasteiger charge is -2.44. The van der Waals surface area contributed by atoms with E-state index in [9.17, 15) is 9.59 Å². The van der Waals surface area contributed by atoms with Gasteiger partial charge in [-0.05, 0) is 0 Å². The standard InChI is InChI=1S/C13H26N4O2.2ClH/c1-16(2)8-10-17(3,11-9-16)7-6-15-13(19)5-4-12(14)18;;/h4-11H2,1-3H3,(H-2,14,15,18,19);2*1H. The van der Waals surface area contributed by atoms with Gasteiger partial charge in [0.15, 0.2) is 0 Å². The first kappa shape index (κ1) is 22.7. The number of amides is 2. The molecule has 0 spiro atoms. The maximum absolute atomic E-state index is 11.5. The van der Waals surface area contributed by atoms with E-state index in [1.807, 2.05) is 0 Å². The van der Waals surface area contributed by atoms with Crippen molar-refractivity contribution in [2.24, 2.45) is 5.73 Å². The Morgan fingerprint density at radius 2 is 1.52 bits per heavy atom. The summed E-state index contributed by atoms with van der Waals surface area (Å²) in [6, 6.07) is 0. The highest BCUT2D eigenvalue weighted by atomic mass is 35.5. The van der Waals surface area contributed by atoms with Crippen molar-refractivity contribution in [3.05, 3.63) is 0 Å². The summed E-state index contributed by atoms with van der Waals surface area (Å²) in [7, 11) is 6.76. The van der Waals surface area contributed by atoms with Crippen LogP contribution in [0, 0.1) is 0 Å².